The molecule has 0 saturated heterocycles. The van der Waals surface area contributed by atoms with Crippen LogP contribution < -0.4 is 4.74 Å². The molecule has 1 aromatic rings. The topological polar surface area (TPSA) is 50.1 Å². The number of carbonyl (C=O) groups is 1. The summed E-state index contributed by atoms with van der Waals surface area (Å²) in [6.45, 7) is 0. The smallest absolute Gasteiger partial charge is 0.182 e. The Morgan fingerprint density at radius 1 is 1.67 bits per heavy atom. The van der Waals surface area contributed by atoms with E-state index in [1.807, 2.05) is 6.07 Å². The van der Waals surface area contributed by atoms with Gasteiger partial charge >= 0.3 is 0 Å². The van der Waals surface area contributed by atoms with Gasteiger partial charge in [-0.3, -0.25) is 4.79 Å². The molecule has 0 saturated carbocycles. The molecule has 0 bridgehead atoms. The maximum Gasteiger partial charge on any atom is 0.182 e. The molecule has 0 aliphatic carbocycles. The third-order valence-electron chi connectivity index (χ3n) is 1.81. The van der Waals surface area contributed by atoms with Crippen LogP contribution in [0.5, 0.6) is 5.75 Å². The molecule has 0 unspecified atom stereocenters. The zero-order valence-corrected chi connectivity index (χ0v) is 10.8. The van der Waals surface area contributed by atoms with Crippen molar-refractivity contribution in [3.8, 4) is 11.8 Å². The van der Waals surface area contributed by atoms with Gasteiger partial charge in [-0.05, 0) is 34.7 Å². The van der Waals surface area contributed by atoms with Crippen LogP contribution in [0.25, 0.3) is 0 Å². The lowest BCUT2D eigenvalue weighted by molar-refractivity contribution is 0.101. The average Bonchev–Trinajstić information content (AvgIpc) is 2.26. The van der Waals surface area contributed by atoms with Crippen LogP contribution in [0, 0.1) is 14.9 Å². The molecule has 0 aliphatic heterocycles. The predicted molar refractivity (Wildman–Crippen MR) is 65.5 cm³/mol. The molecule has 0 aliphatic rings. The van der Waals surface area contributed by atoms with E-state index in [1.54, 1.807) is 12.1 Å². The first-order chi connectivity index (χ1) is 7.13. The van der Waals surface area contributed by atoms with Gasteiger partial charge in [-0.1, -0.05) is 0 Å². The van der Waals surface area contributed by atoms with E-state index in [4.69, 9.17) is 21.6 Å². The Balaban J connectivity index is 3.45. The second-order valence-electron chi connectivity index (χ2n) is 2.70. The predicted octanol–water partition coefficient (Wildman–Crippen LogP) is 2.59. The van der Waals surface area contributed by atoms with Crippen molar-refractivity contribution in [2.75, 3.05) is 13.0 Å². The Labute approximate surface area is 106 Å². The van der Waals surface area contributed by atoms with Crippen LogP contribution in [-0.2, 0) is 0 Å². The van der Waals surface area contributed by atoms with Gasteiger partial charge in [-0.15, -0.1) is 11.6 Å². The minimum absolute atomic E-state index is 0.161. The maximum atomic E-state index is 11.5. The molecular formula is C10H7ClINO2. The molecule has 1 rings (SSSR count). The minimum atomic E-state index is -0.304. The molecule has 0 spiro atoms. The zero-order valence-electron chi connectivity index (χ0n) is 7.88. The molecule has 15 heavy (non-hydrogen) atoms. The van der Waals surface area contributed by atoms with E-state index in [2.05, 4.69) is 22.6 Å². The van der Waals surface area contributed by atoms with Gasteiger partial charge in [0.2, 0.25) is 0 Å². The third kappa shape index (κ3) is 2.61. The van der Waals surface area contributed by atoms with Crippen LogP contribution in [0.1, 0.15) is 15.9 Å². The fourth-order valence-corrected chi connectivity index (χ4v) is 1.91. The van der Waals surface area contributed by atoms with E-state index in [9.17, 15) is 4.79 Å². The molecule has 0 radical (unpaired) electrons. The largest absolute Gasteiger partial charge is 0.496 e. The highest BCUT2D eigenvalue weighted by molar-refractivity contribution is 14.1. The van der Waals surface area contributed by atoms with Gasteiger partial charge in [0.05, 0.1) is 24.1 Å². The van der Waals surface area contributed by atoms with Gasteiger partial charge in [0.1, 0.15) is 11.8 Å². The van der Waals surface area contributed by atoms with Crippen molar-refractivity contribution in [2.24, 2.45) is 0 Å². The fourth-order valence-electron chi connectivity index (χ4n) is 1.19. The summed E-state index contributed by atoms with van der Waals surface area (Å²) in [5.74, 6) is -0.0726. The van der Waals surface area contributed by atoms with Crippen molar-refractivity contribution in [3.63, 3.8) is 0 Å². The molecule has 0 heterocycles. The number of hydrogen-bond donors (Lipinski definition) is 0. The lowest BCUT2D eigenvalue weighted by atomic mass is 10.0. The minimum Gasteiger partial charge on any atom is -0.496 e. The summed E-state index contributed by atoms with van der Waals surface area (Å²) >= 11 is 7.52. The molecule has 78 valence electrons. The van der Waals surface area contributed by atoms with Gasteiger partial charge in [-0.2, -0.15) is 5.26 Å². The monoisotopic (exact) mass is 335 g/mol. The lowest BCUT2D eigenvalue weighted by Crippen LogP contribution is -2.06. The fraction of sp³-hybridized carbons (Fsp3) is 0.200. The number of ether oxygens (including phenoxy) is 1. The highest BCUT2D eigenvalue weighted by Crippen LogP contribution is 2.26. The molecule has 5 heteroatoms. The van der Waals surface area contributed by atoms with Gasteiger partial charge < -0.3 is 4.74 Å². The highest BCUT2D eigenvalue weighted by Gasteiger charge is 2.17. The number of alkyl halides is 1. The number of halogens is 2. The summed E-state index contributed by atoms with van der Waals surface area (Å²) in [6.07, 6.45) is 0. The van der Waals surface area contributed by atoms with Crippen LogP contribution in [0.2, 0.25) is 0 Å². The first kappa shape index (κ1) is 12.3. The van der Waals surface area contributed by atoms with E-state index in [0.29, 0.717) is 11.3 Å². The van der Waals surface area contributed by atoms with Crippen molar-refractivity contribution in [1.29, 1.82) is 5.26 Å². The molecule has 1 aromatic carbocycles. The standard InChI is InChI=1S/C10H7ClINO2/c1-15-9-3-7(12)2-6(5-13)10(9)8(14)4-11/h2-3H,4H2,1H3. The molecule has 0 fully saturated rings. The van der Waals surface area contributed by atoms with E-state index < -0.39 is 0 Å². The summed E-state index contributed by atoms with van der Waals surface area (Å²) < 4.78 is 5.90. The molecule has 3 nitrogen and oxygen atoms in total. The number of rotatable bonds is 3. The zero-order chi connectivity index (χ0) is 11.4. The quantitative estimate of drug-likeness (QED) is 0.485. The van der Waals surface area contributed by atoms with Crippen molar-refractivity contribution < 1.29 is 9.53 Å². The van der Waals surface area contributed by atoms with Gasteiger partial charge in [0.15, 0.2) is 5.78 Å². The Kier molecular flexibility index (Phi) is 4.36. The van der Waals surface area contributed by atoms with Gasteiger partial charge in [-0.25, -0.2) is 0 Å². The molecular weight excluding hydrogens is 328 g/mol. The number of ketones is 1. The van der Waals surface area contributed by atoms with E-state index in [0.717, 1.165) is 3.57 Å². The summed E-state index contributed by atoms with van der Waals surface area (Å²) in [5.41, 5.74) is 0.555. The summed E-state index contributed by atoms with van der Waals surface area (Å²) in [6, 6.07) is 5.29. The number of benzene rings is 1. The Bertz CT molecular complexity index is 440. The third-order valence-corrected chi connectivity index (χ3v) is 2.67. The van der Waals surface area contributed by atoms with Crippen LogP contribution in [-0.4, -0.2) is 18.8 Å². The first-order valence-electron chi connectivity index (χ1n) is 4.00. The Morgan fingerprint density at radius 2 is 2.33 bits per heavy atom. The number of Topliss-reactive ketones (excluding diaryl/α,β-unsaturated/α-hetero) is 1. The van der Waals surface area contributed by atoms with Crippen molar-refractivity contribution in [2.45, 2.75) is 0 Å². The van der Waals surface area contributed by atoms with Gasteiger partial charge in [0, 0.05) is 3.57 Å². The maximum absolute atomic E-state index is 11.5. The normalized spacial score (nSPS) is 9.47. The number of carbonyl (C=O) groups excluding carboxylic acids is 1. The van der Waals surface area contributed by atoms with E-state index >= 15 is 0 Å². The Hall–Kier alpha value is -0.800. The van der Waals surface area contributed by atoms with Crippen molar-refractivity contribution in [1.82, 2.24) is 0 Å². The second kappa shape index (κ2) is 5.33. The summed E-state index contributed by atoms with van der Waals surface area (Å²) in [4.78, 5) is 11.5. The Morgan fingerprint density at radius 3 is 2.80 bits per heavy atom. The van der Waals surface area contributed by atoms with Crippen LogP contribution in [0.4, 0.5) is 0 Å². The van der Waals surface area contributed by atoms with Crippen molar-refractivity contribution >= 4 is 40.0 Å². The second-order valence-corrected chi connectivity index (χ2v) is 4.21. The summed E-state index contributed by atoms with van der Waals surface area (Å²) in [7, 11) is 1.46. The van der Waals surface area contributed by atoms with E-state index in [1.165, 1.54) is 7.11 Å². The summed E-state index contributed by atoms with van der Waals surface area (Å²) in [5, 5.41) is 8.90. The van der Waals surface area contributed by atoms with E-state index in [-0.39, 0.29) is 17.2 Å². The van der Waals surface area contributed by atoms with Gasteiger partial charge in [0.25, 0.3) is 0 Å². The number of nitrogens with zero attached hydrogens (tertiary/aromatic N) is 1. The molecule has 0 atom stereocenters. The number of methoxy groups -OCH3 is 1. The highest BCUT2D eigenvalue weighted by atomic mass is 127. The number of nitriles is 1. The van der Waals surface area contributed by atoms with Crippen LogP contribution in [0.15, 0.2) is 12.1 Å². The molecule has 0 amide bonds. The average molecular weight is 336 g/mol. The number of hydrogen-bond acceptors (Lipinski definition) is 3. The lowest BCUT2D eigenvalue weighted by Gasteiger charge is -2.08. The van der Waals surface area contributed by atoms with Crippen LogP contribution >= 0.6 is 34.2 Å². The van der Waals surface area contributed by atoms with Crippen LogP contribution in [0.3, 0.4) is 0 Å². The SMILES string of the molecule is COc1cc(I)cc(C#N)c1C(=O)CCl. The molecule has 0 aromatic heterocycles. The molecule has 0 N–H and O–H groups in total. The first-order valence-corrected chi connectivity index (χ1v) is 5.62. The van der Waals surface area contributed by atoms with Crippen molar-refractivity contribution in [3.05, 3.63) is 26.8 Å².